The van der Waals surface area contributed by atoms with Crippen LogP contribution in [0.1, 0.15) is 18.4 Å². The van der Waals surface area contributed by atoms with Crippen LogP contribution in [0.25, 0.3) is 0 Å². The highest BCUT2D eigenvalue weighted by atomic mass is 32.1. The van der Waals surface area contributed by atoms with Crippen LogP contribution >= 0.6 is 11.3 Å². The van der Waals surface area contributed by atoms with Crippen LogP contribution in [-0.4, -0.2) is 36.7 Å². The van der Waals surface area contributed by atoms with Gasteiger partial charge in [0.25, 0.3) is 0 Å². The number of hydrogen-bond acceptors (Lipinski definition) is 4. The quantitative estimate of drug-likeness (QED) is 0.799. The van der Waals surface area contributed by atoms with Crippen molar-refractivity contribution < 1.29 is 19.4 Å². The van der Waals surface area contributed by atoms with E-state index in [1.807, 2.05) is 16.8 Å². The SMILES string of the molecule is COC(CNC(=O)C(C)c1ccsc1)C(=O)O. The molecule has 2 unspecified atom stereocenters. The molecule has 0 aromatic carbocycles. The summed E-state index contributed by atoms with van der Waals surface area (Å²) >= 11 is 1.52. The summed E-state index contributed by atoms with van der Waals surface area (Å²) in [5, 5.41) is 15.1. The van der Waals surface area contributed by atoms with Gasteiger partial charge < -0.3 is 15.2 Å². The van der Waals surface area contributed by atoms with Gasteiger partial charge in [0.15, 0.2) is 6.10 Å². The first-order valence-electron chi connectivity index (χ1n) is 5.11. The first-order valence-corrected chi connectivity index (χ1v) is 6.06. The Hall–Kier alpha value is -1.40. The van der Waals surface area contributed by atoms with E-state index in [2.05, 4.69) is 5.32 Å². The number of thiophene rings is 1. The van der Waals surface area contributed by atoms with Crippen molar-refractivity contribution in [3.05, 3.63) is 22.4 Å². The third-order valence-electron chi connectivity index (χ3n) is 2.46. The van der Waals surface area contributed by atoms with Crippen LogP contribution < -0.4 is 5.32 Å². The highest BCUT2D eigenvalue weighted by Crippen LogP contribution is 2.17. The molecule has 2 atom stereocenters. The van der Waals surface area contributed by atoms with E-state index in [4.69, 9.17) is 9.84 Å². The van der Waals surface area contributed by atoms with Gasteiger partial charge in [-0.2, -0.15) is 11.3 Å². The van der Waals surface area contributed by atoms with Crippen molar-refractivity contribution in [2.24, 2.45) is 0 Å². The second kappa shape index (κ2) is 6.36. The molecule has 1 amide bonds. The monoisotopic (exact) mass is 257 g/mol. The van der Waals surface area contributed by atoms with E-state index in [9.17, 15) is 9.59 Å². The number of carboxylic acid groups (broad SMARTS) is 1. The molecule has 0 fully saturated rings. The summed E-state index contributed by atoms with van der Waals surface area (Å²) in [4.78, 5) is 22.4. The maximum Gasteiger partial charge on any atom is 0.334 e. The van der Waals surface area contributed by atoms with Gasteiger partial charge in [-0.1, -0.05) is 0 Å². The molecule has 2 N–H and O–H groups in total. The van der Waals surface area contributed by atoms with Crippen LogP contribution in [0.15, 0.2) is 16.8 Å². The summed E-state index contributed by atoms with van der Waals surface area (Å²) in [6.45, 7) is 1.75. The minimum Gasteiger partial charge on any atom is -0.479 e. The Morgan fingerprint density at radius 1 is 1.59 bits per heavy atom. The molecule has 5 nitrogen and oxygen atoms in total. The lowest BCUT2D eigenvalue weighted by Gasteiger charge is -2.14. The van der Waals surface area contributed by atoms with Gasteiger partial charge in [0.1, 0.15) is 0 Å². The first-order chi connectivity index (χ1) is 8.06. The van der Waals surface area contributed by atoms with Crippen molar-refractivity contribution in [2.75, 3.05) is 13.7 Å². The zero-order chi connectivity index (χ0) is 12.8. The number of carbonyl (C=O) groups is 2. The first kappa shape index (κ1) is 13.7. The van der Waals surface area contributed by atoms with Gasteiger partial charge >= 0.3 is 5.97 Å². The number of amides is 1. The van der Waals surface area contributed by atoms with Crippen LogP contribution in [0.4, 0.5) is 0 Å². The van der Waals surface area contributed by atoms with Gasteiger partial charge in [0.05, 0.1) is 12.5 Å². The number of carboxylic acids is 1. The fourth-order valence-electron chi connectivity index (χ4n) is 1.29. The van der Waals surface area contributed by atoms with Crippen LogP contribution in [0, 0.1) is 0 Å². The molecule has 0 bridgehead atoms. The maximum absolute atomic E-state index is 11.7. The number of carbonyl (C=O) groups excluding carboxylic acids is 1. The zero-order valence-electron chi connectivity index (χ0n) is 9.67. The van der Waals surface area contributed by atoms with E-state index in [1.54, 1.807) is 6.92 Å². The van der Waals surface area contributed by atoms with Crippen LogP contribution in [-0.2, 0) is 14.3 Å². The summed E-state index contributed by atoms with van der Waals surface area (Å²) in [7, 11) is 1.30. The topological polar surface area (TPSA) is 75.6 Å². The smallest absolute Gasteiger partial charge is 0.334 e. The van der Waals surface area contributed by atoms with Gasteiger partial charge in [0.2, 0.25) is 5.91 Å². The average molecular weight is 257 g/mol. The minimum absolute atomic E-state index is 0.0286. The Morgan fingerprint density at radius 3 is 2.76 bits per heavy atom. The van der Waals surface area contributed by atoms with Gasteiger partial charge in [-0.3, -0.25) is 4.79 Å². The molecule has 6 heteroatoms. The van der Waals surface area contributed by atoms with Gasteiger partial charge in [-0.05, 0) is 29.3 Å². The largest absolute Gasteiger partial charge is 0.479 e. The molecule has 1 rings (SSSR count). The zero-order valence-corrected chi connectivity index (χ0v) is 10.5. The van der Waals surface area contributed by atoms with Gasteiger partial charge in [-0.15, -0.1) is 0 Å². The Balaban J connectivity index is 2.47. The normalized spacial score (nSPS) is 14.0. The lowest BCUT2D eigenvalue weighted by Crippen LogP contribution is -2.39. The predicted molar refractivity (Wildman–Crippen MR) is 64.2 cm³/mol. The third kappa shape index (κ3) is 3.83. The Kier molecular flexibility index (Phi) is 5.11. The molecule has 0 saturated carbocycles. The van der Waals surface area contributed by atoms with Crippen LogP contribution in [0.2, 0.25) is 0 Å². The van der Waals surface area contributed by atoms with Crippen molar-refractivity contribution in [1.29, 1.82) is 0 Å². The standard InChI is InChI=1S/C11H15NO4S/c1-7(8-3-4-17-6-8)10(13)12-5-9(16-2)11(14)15/h3-4,6-7,9H,5H2,1-2H3,(H,12,13)(H,14,15). The van der Waals surface area contributed by atoms with E-state index in [0.29, 0.717) is 0 Å². The van der Waals surface area contributed by atoms with E-state index < -0.39 is 12.1 Å². The molecular weight excluding hydrogens is 242 g/mol. The highest BCUT2D eigenvalue weighted by molar-refractivity contribution is 7.08. The number of ether oxygens (including phenoxy) is 1. The fraction of sp³-hybridized carbons (Fsp3) is 0.455. The molecule has 0 spiro atoms. The molecule has 0 aliphatic heterocycles. The second-order valence-corrected chi connectivity index (χ2v) is 4.37. The molecule has 0 radical (unpaired) electrons. The van der Waals surface area contributed by atoms with Gasteiger partial charge in [-0.25, -0.2) is 4.79 Å². The van der Waals surface area contributed by atoms with Crippen molar-refractivity contribution in [3.8, 4) is 0 Å². The van der Waals surface area contributed by atoms with Crippen molar-refractivity contribution in [3.63, 3.8) is 0 Å². The predicted octanol–water partition coefficient (Wildman–Crippen LogP) is 1.07. The number of hydrogen-bond donors (Lipinski definition) is 2. The molecule has 94 valence electrons. The van der Waals surface area contributed by atoms with Crippen molar-refractivity contribution in [2.45, 2.75) is 18.9 Å². The molecule has 1 aromatic rings. The molecular formula is C11H15NO4S. The molecule has 0 aliphatic carbocycles. The molecule has 1 heterocycles. The van der Waals surface area contributed by atoms with Crippen molar-refractivity contribution in [1.82, 2.24) is 5.32 Å². The lowest BCUT2D eigenvalue weighted by atomic mass is 10.0. The van der Waals surface area contributed by atoms with Crippen LogP contribution in [0.5, 0.6) is 0 Å². The van der Waals surface area contributed by atoms with E-state index in [0.717, 1.165) is 5.56 Å². The van der Waals surface area contributed by atoms with Gasteiger partial charge in [0, 0.05) is 7.11 Å². The molecule has 17 heavy (non-hydrogen) atoms. The summed E-state index contributed by atoms with van der Waals surface area (Å²) in [6.07, 6.45) is -1.01. The summed E-state index contributed by atoms with van der Waals surface area (Å²) in [5.41, 5.74) is 0.928. The third-order valence-corrected chi connectivity index (χ3v) is 3.16. The fourth-order valence-corrected chi connectivity index (χ4v) is 2.04. The highest BCUT2D eigenvalue weighted by Gasteiger charge is 2.20. The Bertz CT molecular complexity index is 377. The van der Waals surface area contributed by atoms with E-state index in [1.165, 1.54) is 18.4 Å². The molecule has 1 aromatic heterocycles. The summed E-state index contributed by atoms with van der Waals surface area (Å²) < 4.78 is 4.72. The molecule has 0 aliphatic rings. The van der Waals surface area contributed by atoms with Crippen LogP contribution in [0.3, 0.4) is 0 Å². The average Bonchev–Trinajstić information content (AvgIpc) is 2.81. The number of nitrogens with one attached hydrogen (secondary N) is 1. The van der Waals surface area contributed by atoms with E-state index in [-0.39, 0.29) is 18.4 Å². The number of aliphatic carboxylic acids is 1. The Labute approximate surface area is 103 Å². The minimum atomic E-state index is -1.09. The molecule has 0 saturated heterocycles. The summed E-state index contributed by atoms with van der Waals surface area (Å²) in [6, 6.07) is 1.87. The Morgan fingerprint density at radius 2 is 2.29 bits per heavy atom. The maximum atomic E-state index is 11.7. The van der Waals surface area contributed by atoms with Crippen molar-refractivity contribution >= 4 is 23.2 Å². The number of rotatable bonds is 6. The second-order valence-electron chi connectivity index (χ2n) is 3.59. The number of methoxy groups -OCH3 is 1. The summed E-state index contributed by atoms with van der Waals surface area (Å²) in [5.74, 6) is -1.57. The van der Waals surface area contributed by atoms with E-state index >= 15 is 0 Å². The lowest BCUT2D eigenvalue weighted by molar-refractivity contribution is -0.148.